The SMILES string of the molecule is CC(=O)Nc1ccc(OC(=O)CC(NC(C)=O)c2ccc(C)cc2)cc1. The van der Waals surface area contributed by atoms with E-state index in [1.807, 2.05) is 31.2 Å². The maximum atomic E-state index is 12.3. The van der Waals surface area contributed by atoms with Crippen molar-refractivity contribution in [3.8, 4) is 5.75 Å². The van der Waals surface area contributed by atoms with E-state index in [2.05, 4.69) is 10.6 Å². The molecule has 1 unspecified atom stereocenters. The van der Waals surface area contributed by atoms with Crippen LogP contribution in [0.1, 0.15) is 37.4 Å². The molecule has 2 aromatic rings. The van der Waals surface area contributed by atoms with Gasteiger partial charge < -0.3 is 15.4 Å². The largest absolute Gasteiger partial charge is 0.426 e. The number of anilines is 1. The molecule has 26 heavy (non-hydrogen) atoms. The average molecular weight is 354 g/mol. The molecule has 136 valence electrons. The summed E-state index contributed by atoms with van der Waals surface area (Å²) in [5, 5.41) is 5.41. The Labute approximate surface area is 152 Å². The molecule has 0 radical (unpaired) electrons. The minimum atomic E-state index is -0.461. The van der Waals surface area contributed by atoms with Gasteiger partial charge in [-0.25, -0.2) is 0 Å². The lowest BCUT2D eigenvalue weighted by Crippen LogP contribution is -2.29. The Morgan fingerprint density at radius 2 is 1.54 bits per heavy atom. The van der Waals surface area contributed by atoms with Crippen LogP contribution in [0.5, 0.6) is 5.75 Å². The molecule has 0 fully saturated rings. The highest BCUT2D eigenvalue weighted by Gasteiger charge is 2.18. The zero-order valence-electron chi connectivity index (χ0n) is 15.0. The molecule has 2 aromatic carbocycles. The molecule has 2 N–H and O–H groups in total. The topological polar surface area (TPSA) is 84.5 Å². The van der Waals surface area contributed by atoms with E-state index in [0.29, 0.717) is 11.4 Å². The van der Waals surface area contributed by atoms with Crippen molar-refractivity contribution in [1.29, 1.82) is 0 Å². The number of rotatable bonds is 6. The number of hydrogen-bond donors (Lipinski definition) is 2. The number of esters is 1. The molecule has 0 saturated carbocycles. The van der Waals surface area contributed by atoms with Gasteiger partial charge >= 0.3 is 5.97 Å². The van der Waals surface area contributed by atoms with E-state index in [1.54, 1.807) is 24.3 Å². The zero-order chi connectivity index (χ0) is 19.1. The Kier molecular flexibility index (Phi) is 6.49. The molecule has 0 saturated heterocycles. The lowest BCUT2D eigenvalue weighted by molar-refractivity contribution is -0.135. The maximum Gasteiger partial charge on any atom is 0.313 e. The van der Waals surface area contributed by atoms with Crippen LogP contribution in [0, 0.1) is 6.92 Å². The fourth-order valence-corrected chi connectivity index (χ4v) is 2.45. The summed E-state index contributed by atoms with van der Waals surface area (Å²) >= 11 is 0. The first-order valence-electron chi connectivity index (χ1n) is 8.25. The molecule has 6 nitrogen and oxygen atoms in total. The van der Waals surface area contributed by atoms with Crippen LogP contribution in [-0.4, -0.2) is 17.8 Å². The lowest BCUT2D eigenvalue weighted by atomic mass is 10.0. The lowest BCUT2D eigenvalue weighted by Gasteiger charge is -2.18. The summed E-state index contributed by atoms with van der Waals surface area (Å²) in [5.41, 5.74) is 2.55. The third-order valence-corrected chi connectivity index (χ3v) is 3.63. The minimum absolute atomic E-state index is 0.0100. The highest BCUT2D eigenvalue weighted by Crippen LogP contribution is 2.21. The predicted molar refractivity (Wildman–Crippen MR) is 98.7 cm³/mol. The van der Waals surface area contributed by atoms with Crippen molar-refractivity contribution in [1.82, 2.24) is 5.32 Å². The first-order chi connectivity index (χ1) is 12.3. The molecule has 0 aliphatic heterocycles. The van der Waals surface area contributed by atoms with Gasteiger partial charge in [0.05, 0.1) is 12.5 Å². The molecule has 0 aliphatic rings. The van der Waals surface area contributed by atoms with Crippen LogP contribution < -0.4 is 15.4 Å². The normalized spacial score (nSPS) is 11.3. The standard InChI is InChI=1S/C20H22N2O4/c1-13-4-6-16(7-5-13)19(22-15(3)24)12-20(25)26-18-10-8-17(9-11-18)21-14(2)23/h4-11,19H,12H2,1-3H3,(H,21,23)(H,22,24). The summed E-state index contributed by atoms with van der Waals surface area (Å²) in [6.45, 7) is 4.80. The molecule has 6 heteroatoms. The number of nitrogens with one attached hydrogen (secondary N) is 2. The molecule has 0 aromatic heterocycles. The number of carbonyl (C=O) groups is 3. The summed E-state index contributed by atoms with van der Waals surface area (Å²) in [4.78, 5) is 34.7. The van der Waals surface area contributed by atoms with Crippen LogP contribution in [0.15, 0.2) is 48.5 Å². The Bertz CT molecular complexity index is 782. The second kappa shape index (κ2) is 8.80. The van der Waals surface area contributed by atoms with Crippen LogP contribution in [-0.2, 0) is 14.4 Å². The third kappa shape index (κ3) is 6.05. The Morgan fingerprint density at radius 1 is 0.923 bits per heavy atom. The van der Waals surface area contributed by atoms with Gasteiger partial charge in [0.25, 0.3) is 0 Å². The number of hydrogen-bond acceptors (Lipinski definition) is 4. The van der Waals surface area contributed by atoms with Crippen molar-refractivity contribution in [2.24, 2.45) is 0 Å². The summed E-state index contributed by atoms with van der Waals surface area (Å²) in [6.07, 6.45) is 0.0100. The minimum Gasteiger partial charge on any atom is -0.426 e. The van der Waals surface area contributed by atoms with Crippen molar-refractivity contribution in [3.63, 3.8) is 0 Å². The summed E-state index contributed by atoms with van der Waals surface area (Å²) < 4.78 is 5.33. The highest BCUT2D eigenvalue weighted by atomic mass is 16.5. The van der Waals surface area contributed by atoms with Crippen LogP contribution in [0.3, 0.4) is 0 Å². The summed E-state index contributed by atoms with van der Waals surface area (Å²) in [6, 6.07) is 13.7. The first kappa shape index (κ1) is 19.2. The van der Waals surface area contributed by atoms with E-state index in [4.69, 9.17) is 4.74 Å². The van der Waals surface area contributed by atoms with Crippen LogP contribution >= 0.6 is 0 Å². The van der Waals surface area contributed by atoms with Gasteiger partial charge in [0.1, 0.15) is 5.75 Å². The van der Waals surface area contributed by atoms with E-state index in [1.165, 1.54) is 13.8 Å². The number of aryl methyl sites for hydroxylation is 1. The Balaban J connectivity index is 2.03. The Hall–Kier alpha value is -3.15. The van der Waals surface area contributed by atoms with Gasteiger partial charge in [-0.05, 0) is 36.8 Å². The molecule has 0 heterocycles. The van der Waals surface area contributed by atoms with Gasteiger partial charge in [0, 0.05) is 19.5 Å². The third-order valence-electron chi connectivity index (χ3n) is 3.63. The van der Waals surface area contributed by atoms with Gasteiger partial charge in [-0.1, -0.05) is 29.8 Å². The van der Waals surface area contributed by atoms with Crippen LogP contribution in [0.4, 0.5) is 5.69 Å². The van der Waals surface area contributed by atoms with Crippen molar-refractivity contribution in [3.05, 3.63) is 59.7 Å². The van der Waals surface area contributed by atoms with Gasteiger partial charge in [-0.2, -0.15) is 0 Å². The van der Waals surface area contributed by atoms with E-state index in [9.17, 15) is 14.4 Å². The number of benzene rings is 2. The Morgan fingerprint density at radius 3 is 2.08 bits per heavy atom. The predicted octanol–water partition coefficient (Wildman–Crippen LogP) is 3.13. The number of carbonyl (C=O) groups excluding carboxylic acids is 3. The summed E-state index contributed by atoms with van der Waals surface area (Å²) in [7, 11) is 0. The van der Waals surface area contributed by atoms with Crippen LogP contribution in [0.25, 0.3) is 0 Å². The molecule has 2 amide bonds. The van der Waals surface area contributed by atoms with Crippen molar-refractivity contribution in [2.45, 2.75) is 33.2 Å². The van der Waals surface area contributed by atoms with Gasteiger partial charge in [0.2, 0.25) is 11.8 Å². The van der Waals surface area contributed by atoms with E-state index in [-0.39, 0.29) is 18.2 Å². The quantitative estimate of drug-likeness (QED) is 0.617. The number of ether oxygens (including phenoxy) is 1. The highest BCUT2D eigenvalue weighted by molar-refractivity contribution is 5.88. The molecule has 2 rings (SSSR count). The average Bonchev–Trinajstić information content (AvgIpc) is 2.56. The first-order valence-corrected chi connectivity index (χ1v) is 8.25. The molecule has 0 spiro atoms. The van der Waals surface area contributed by atoms with Gasteiger partial charge in [0.15, 0.2) is 0 Å². The monoisotopic (exact) mass is 354 g/mol. The van der Waals surface area contributed by atoms with E-state index in [0.717, 1.165) is 11.1 Å². The van der Waals surface area contributed by atoms with E-state index >= 15 is 0 Å². The van der Waals surface area contributed by atoms with Gasteiger partial charge in [-0.15, -0.1) is 0 Å². The number of amides is 2. The fourth-order valence-electron chi connectivity index (χ4n) is 2.45. The van der Waals surface area contributed by atoms with E-state index < -0.39 is 12.0 Å². The molecule has 1 atom stereocenters. The molecule has 0 bridgehead atoms. The maximum absolute atomic E-state index is 12.3. The molecular weight excluding hydrogens is 332 g/mol. The van der Waals surface area contributed by atoms with Crippen molar-refractivity contribution < 1.29 is 19.1 Å². The summed E-state index contributed by atoms with van der Waals surface area (Å²) in [5.74, 6) is -0.486. The second-order valence-corrected chi connectivity index (χ2v) is 6.05. The van der Waals surface area contributed by atoms with Gasteiger partial charge in [-0.3, -0.25) is 14.4 Å². The van der Waals surface area contributed by atoms with Crippen LogP contribution in [0.2, 0.25) is 0 Å². The second-order valence-electron chi connectivity index (χ2n) is 6.05. The molecule has 0 aliphatic carbocycles. The smallest absolute Gasteiger partial charge is 0.313 e. The fraction of sp³-hybridized carbons (Fsp3) is 0.250. The van der Waals surface area contributed by atoms with Crippen molar-refractivity contribution in [2.75, 3.05) is 5.32 Å². The zero-order valence-corrected chi connectivity index (χ0v) is 15.0. The van der Waals surface area contributed by atoms with Crippen molar-refractivity contribution >= 4 is 23.5 Å². The molecular formula is C20H22N2O4.